The van der Waals surface area contributed by atoms with E-state index in [4.69, 9.17) is 0 Å². The molecule has 0 heterocycles. The molecule has 1 aromatic rings. The average Bonchev–Trinajstić information content (AvgIpc) is 3.03. The van der Waals surface area contributed by atoms with Gasteiger partial charge in [0.05, 0.1) is 6.21 Å². The van der Waals surface area contributed by atoms with Gasteiger partial charge in [0.1, 0.15) is 5.75 Å². The molecule has 1 aromatic carbocycles. The first-order valence-corrected chi connectivity index (χ1v) is 6.53. The first-order valence-electron chi connectivity index (χ1n) is 6.53. The molecule has 4 nitrogen and oxygen atoms in total. The largest absolute Gasteiger partial charge is 0.507 e. The maximum absolute atomic E-state index is 12.0. The molecule has 2 bridgehead atoms. The molecule has 0 aliphatic heterocycles. The molecule has 1 amide bonds. The van der Waals surface area contributed by atoms with Crippen molar-refractivity contribution >= 4 is 12.1 Å². The number of phenolic OH excluding ortho intramolecular Hbond substituents is 1. The van der Waals surface area contributed by atoms with E-state index in [0.717, 1.165) is 12.8 Å². The number of benzene rings is 1. The van der Waals surface area contributed by atoms with Gasteiger partial charge in [-0.15, -0.1) is 0 Å². The molecule has 2 aliphatic carbocycles. The van der Waals surface area contributed by atoms with Crippen LogP contribution >= 0.6 is 0 Å². The topological polar surface area (TPSA) is 61.7 Å². The van der Waals surface area contributed by atoms with Crippen molar-refractivity contribution < 1.29 is 9.90 Å². The lowest BCUT2D eigenvalue weighted by Crippen LogP contribution is -2.29. The Morgan fingerprint density at radius 1 is 1.32 bits per heavy atom. The van der Waals surface area contributed by atoms with Crippen molar-refractivity contribution in [3.05, 3.63) is 42.0 Å². The van der Waals surface area contributed by atoms with Crippen LogP contribution in [0.4, 0.5) is 0 Å². The molecule has 1 fully saturated rings. The van der Waals surface area contributed by atoms with Crippen molar-refractivity contribution in [2.75, 3.05) is 0 Å². The van der Waals surface area contributed by atoms with E-state index >= 15 is 0 Å². The van der Waals surface area contributed by atoms with Crippen molar-refractivity contribution in [2.24, 2.45) is 22.9 Å². The third-order valence-electron chi connectivity index (χ3n) is 3.93. The number of fused-ring (bicyclic) bond motifs is 2. The summed E-state index contributed by atoms with van der Waals surface area (Å²) in [4.78, 5) is 12.0. The van der Waals surface area contributed by atoms with Crippen LogP contribution in [0, 0.1) is 17.8 Å². The summed E-state index contributed by atoms with van der Waals surface area (Å²) >= 11 is 0. The van der Waals surface area contributed by atoms with Gasteiger partial charge in [-0.25, -0.2) is 5.43 Å². The quantitative estimate of drug-likeness (QED) is 0.494. The number of nitrogens with one attached hydrogen (secondary N) is 1. The molecule has 3 unspecified atom stereocenters. The number of amides is 1. The Morgan fingerprint density at radius 3 is 2.84 bits per heavy atom. The molecule has 98 valence electrons. The van der Waals surface area contributed by atoms with Crippen LogP contribution in [0.2, 0.25) is 0 Å². The van der Waals surface area contributed by atoms with Crippen molar-refractivity contribution in [1.29, 1.82) is 0 Å². The highest BCUT2D eigenvalue weighted by Crippen LogP contribution is 2.43. The number of allylic oxidation sites excluding steroid dienone is 2. The summed E-state index contributed by atoms with van der Waals surface area (Å²) in [6, 6.07) is 6.88. The fraction of sp³-hybridized carbons (Fsp3) is 0.333. The van der Waals surface area contributed by atoms with E-state index in [1.807, 2.05) is 6.07 Å². The van der Waals surface area contributed by atoms with Gasteiger partial charge < -0.3 is 5.11 Å². The molecule has 1 saturated carbocycles. The Kier molecular flexibility index (Phi) is 3.07. The summed E-state index contributed by atoms with van der Waals surface area (Å²) in [6.45, 7) is 0. The van der Waals surface area contributed by atoms with Crippen LogP contribution < -0.4 is 5.43 Å². The number of rotatable bonds is 3. The second-order valence-electron chi connectivity index (χ2n) is 5.18. The zero-order valence-corrected chi connectivity index (χ0v) is 10.5. The maximum atomic E-state index is 12.0. The van der Waals surface area contributed by atoms with Gasteiger partial charge in [0.15, 0.2) is 0 Å². The summed E-state index contributed by atoms with van der Waals surface area (Å²) < 4.78 is 0. The molecule has 0 saturated heterocycles. The van der Waals surface area contributed by atoms with Crippen LogP contribution in [0.5, 0.6) is 5.75 Å². The number of hydrogen-bond acceptors (Lipinski definition) is 3. The Morgan fingerprint density at radius 2 is 2.16 bits per heavy atom. The van der Waals surface area contributed by atoms with Gasteiger partial charge in [0.25, 0.3) is 0 Å². The Balaban J connectivity index is 1.59. The number of hydrogen-bond donors (Lipinski definition) is 2. The van der Waals surface area contributed by atoms with Crippen LogP contribution in [0.1, 0.15) is 18.4 Å². The molecule has 3 rings (SSSR count). The molecule has 4 heteroatoms. The highest BCUT2D eigenvalue weighted by molar-refractivity contribution is 5.85. The van der Waals surface area contributed by atoms with Crippen LogP contribution in [-0.4, -0.2) is 17.2 Å². The van der Waals surface area contributed by atoms with Crippen molar-refractivity contribution in [1.82, 2.24) is 5.43 Å². The second-order valence-corrected chi connectivity index (χ2v) is 5.18. The first kappa shape index (κ1) is 12.0. The van der Waals surface area contributed by atoms with E-state index in [1.54, 1.807) is 18.2 Å². The van der Waals surface area contributed by atoms with E-state index < -0.39 is 0 Å². The number of nitrogens with zero attached hydrogens (tertiary/aromatic N) is 1. The normalized spacial score (nSPS) is 28.1. The van der Waals surface area contributed by atoms with Crippen molar-refractivity contribution in [2.45, 2.75) is 12.8 Å². The molecule has 2 N–H and O–H groups in total. The predicted octanol–water partition coefficient (Wildman–Crippen LogP) is 2.05. The number of hydrazone groups is 1. The number of aromatic hydroxyl groups is 1. The highest BCUT2D eigenvalue weighted by atomic mass is 16.3. The zero-order chi connectivity index (χ0) is 13.2. The SMILES string of the molecule is O=C(N/N=C/c1ccccc1O)C1CC2C=CC1C2. The number of carbonyl (C=O) groups is 1. The minimum Gasteiger partial charge on any atom is -0.507 e. The minimum absolute atomic E-state index is 0.0245. The van der Waals surface area contributed by atoms with E-state index in [9.17, 15) is 9.90 Å². The summed E-state index contributed by atoms with van der Waals surface area (Å²) in [5.74, 6) is 1.14. The second kappa shape index (κ2) is 4.88. The van der Waals surface area contributed by atoms with Crippen LogP contribution in [0.3, 0.4) is 0 Å². The molecule has 2 aliphatic rings. The third-order valence-corrected chi connectivity index (χ3v) is 3.93. The zero-order valence-electron chi connectivity index (χ0n) is 10.5. The van der Waals surface area contributed by atoms with E-state index in [2.05, 4.69) is 22.7 Å². The smallest absolute Gasteiger partial charge is 0.243 e. The summed E-state index contributed by atoms with van der Waals surface area (Å²) in [5, 5.41) is 13.5. The number of phenols is 1. The first-order chi connectivity index (χ1) is 9.24. The lowest BCUT2D eigenvalue weighted by molar-refractivity contribution is -0.125. The molecule has 3 atom stereocenters. The molecular weight excluding hydrogens is 240 g/mol. The standard InChI is InChI=1S/C15H16N2O2/c18-14-4-2-1-3-12(14)9-16-17-15(19)13-8-10-5-6-11(13)7-10/h1-6,9-11,13,18H,7-8H2,(H,17,19)/b16-9+. The lowest BCUT2D eigenvalue weighted by Gasteiger charge is -2.15. The molecule has 0 radical (unpaired) electrons. The maximum Gasteiger partial charge on any atom is 0.243 e. The van der Waals surface area contributed by atoms with Gasteiger partial charge >= 0.3 is 0 Å². The van der Waals surface area contributed by atoms with Gasteiger partial charge in [-0.1, -0.05) is 24.3 Å². The predicted molar refractivity (Wildman–Crippen MR) is 72.7 cm³/mol. The highest BCUT2D eigenvalue weighted by Gasteiger charge is 2.39. The summed E-state index contributed by atoms with van der Waals surface area (Å²) in [5.41, 5.74) is 3.16. The fourth-order valence-corrected chi connectivity index (χ4v) is 2.93. The van der Waals surface area contributed by atoms with E-state index in [0.29, 0.717) is 17.4 Å². The van der Waals surface area contributed by atoms with Crippen LogP contribution in [-0.2, 0) is 4.79 Å². The fourth-order valence-electron chi connectivity index (χ4n) is 2.93. The molecule has 0 aromatic heterocycles. The minimum atomic E-state index is -0.0245. The van der Waals surface area contributed by atoms with Crippen molar-refractivity contribution in [3.63, 3.8) is 0 Å². The van der Waals surface area contributed by atoms with E-state index in [1.165, 1.54) is 6.21 Å². The number of para-hydroxylation sites is 1. The van der Waals surface area contributed by atoms with Crippen LogP contribution in [0.15, 0.2) is 41.5 Å². The van der Waals surface area contributed by atoms with Gasteiger partial charge in [-0.05, 0) is 36.8 Å². The van der Waals surface area contributed by atoms with Gasteiger partial charge in [-0.2, -0.15) is 5.10 Å². The van der Waals surface area contributed by atoms with E-state index in [-0.39, 0.29) is 17.6 Å². The Bertz CT molecular complexity index is 551. The average molecular weight is 256 g/mol. The third kappa shape index (κ3) is 2.38. The van der Waals surface area contributed by atoms with Crippen LogP contribution in [0.25, 0.3) is 0 Å². The van der Waals surface area contributed by atoms with Gasteiger partial charge in [0.2, 0.25) is 5.91 Å². The van der Waals surface area contributed by atoms with Gasteiger partial charge in [0, 0.05) is 11.5 Å². The molecular formula is C15H16N2O2. The summed E-state index contributed by atoms with van der Waals surface area (Å²) in [7, 11) is 0. The van der Waals surface area contributed by atoms with Crippen molar-refractivity contribution in [3.8, 4) is 5.75 Å². The Hall–Kier alpha value is -2.10. The Labute approximate surface area is 111 Å². The molecule has 19 heavy (non-hydrogen) atoms. The monoisotopic (exact) mass is 256 g/mol. The number of carbonyl (C=O) groups excluding carboxylic acids is 1. The van der Waals surface area contributed by atoms with Gasteiger partial charge in [-0.3, -0.25) is 4.79 Å². The summed E-state index contributed by atoms with van der Waals surface area (Å²) in [6.07, 6.45) is 7.85. The molecule has 0 spiro atoms. The lowest BCUT2D eigenvalue weighted by atomic mass is 9.93.